The second kappa shape index (κ2) is 5.47. The highest BCUT2D eigenvalue weighted by atomic mass is 32.2. The zero-order chi connectivity index (χ0) is 10.5. The summed E-state index contributed by atoms with van der Waals surface area (Å²) >= 11 is 1.81. The molecule has 2 unspecified atom stereocenters. The van der Waals surface area contributed by atoms with Crippen LogP contribution in [-0.4, -0.2) is 28.3 Å². The van der Waals surface area contributed by atoms with E-state index in [-0.39, 0.29) is 0 Å². The fourth-order valence-corrected chi connectivity index (χ4v) is 3.28. The molecule has 1 aromatic rings. The lowest BCUT2D eigenvalue weighted by molar-refractivity contribution is 0.405. The number of nitrogens with one attached hydrogen (secondary N) is 1. The van der Waals surface area contributed by atoms with Gasteiger partial charge in [-0.1, -0.05) is 24.6 Å². The maximum atomic E-state index is 4.27. The average molecular weight is 223 g/mol. The summed E-state index contributed by atoms with van der Waals surface area (Å²) in [6.45, 7) is 0. The summed E-state index contributed by atoms with van der Waals surface area (Å²) in [5.74, 6) is 0. The van der Waals surface area contributed by atoms with Crippen LogP contribution < -0.4 is 5.32 Å². The molecule has 0 bridgehead atoms. The Balaban J connectivity index is 1.97. The maximum Gasteiger partial charge on any atom is 0.187 e. The van der Waals surface area contributed by atoms with E-state index >= 15 is 0 Å². The molecule has 0 aromatic carbocycles. The summed E-state index contributed by atoms with van der Waals surface area (Å²) in [5.41, 5.74) is 0. The van der Waals surface area contributed by atoms with Crippen molar-refractivity contribution in [3.05, 3.63) is 18.5 Å². The molecule has 2 atom stereocenters. The van der Waals surface area contributed by atoms with Crippen LogP contribution in [-0.2, 0) is 0 Å². The summed E-state index contributed by atoms with van der Waals surface area (Å²) in [6.07, 6.45) is 8.86. The van der Waals surface area contributed by atoms with Crippen LogP contribution in [0.5, 0.6) is 0 Å². The Bertz CT molecular complexity index is 291. The van der Waals surface area contributed by atoms with E-state index in [9.17, 15) is 0 Å². The van der Waals surface area contributed by atoms with E-state index in [1.54, 1.807) is 0 Å². The smallest absolute Gasteiger partial charge is 0.187 e. The molecule has 3 nitrogen and oxygen atoms in total. The molecule has 1 N–H and O–H groups in total. The summed E-state index contributed by atoms with van der Waals surface area (Å²) in [5, 5.41) is 4.94. The Hall–Kier alpha value is -0.610. The van der Waals surface area contributed by atoms with Crippen molar-refractivity contribution in [2.45, 2.75) is 42.1 Å². The molecule has 1 saturated carbocycles. The van der Waals surface area contributed by atoms with E-state index in [4.69, 9.17) is 0 Å². The fraction of sp³-hybridized carbons (Fsp3) is 0.636. The zero-order valence-corrected chi connectivity index (χ0v) is 9.83. The van der Waals surface area contributed by atoms with Gasteiger partial charge in [0.05, 0.1) is 0 Å². The number of hydrogen-bond donors (Lipinski definition) is 1. The second-order valence-electron chi connectivity index (χ2n) is 3.87. The predicted octanol–water partition coefficient (Wildman–Crippen LogP) is 2.10. The topological polar surface area (TPSA) is 37.8 Å². The summed E-state index contributed by atoms with van der Waals surface area (Å²) in [6, 6.07) is 2.48. The minimum absolute atomic E-state index is 0.618. The lowest BCUT2D eigenvalue weighted by Gasteiger charge is -2.30. The first kappa shape index (κ1) is 10.9. The second-order valence-corrected chi connectivity index (χ2v) is 5.07. The van der Waals surface area contributed by atoms with Gasteiger partial charge in [0, 0.05) is 23.7 Å². The van der Waals surface area contributed by atoms with E-state index in [1.807, 2.05) is 30.2 Å². The predicted molar refractivity (Wildman–Crippen MR) is 63.0 cm³/mol. The number of rotatable bonds is 3. The van der Waals surface area contributed by atoms with Crippen LogP contribution in [0, 0.1) is 0 Å². The molecule has 0 radical (unpaired) electrons. The lowest BCUT2D eigenvalue weighted by Crippen LogP contribution is -2.38. The van der Waals surface area contributed by atoms with Gasteiger partial charge in [-0.05, 0) is 26.0 Å². The summed E-state index contributed by atoms with van der Waals surface area (Å²) < 4.78 is 0. The first-order valence-corrected chi connectivity index (χ1v) is 6.39. The van der Waals surface area contributed by atoms with Crippen molar-refractivity contribution in [2.24, 2.45) is 0 Å². The van der Waals surface area contributed by atoms with Gasteiger partial charge < -0.3 is 5.32 Å². The Labute approximate surface area is 95.1 Å². The van der Waals surface area contributed by atoms with Crippen molar-refractivity contribution in [3.63, 3.8) is 0 Å². The molecule has 15 heavy (non-hydrogen) atoms. The Kier molecular flexibility index (Phi) is 3.97. The van der Waals surface area contributed by atoms with E-state index in [2.05, 4.69) is 22.3 Å². The van der Waals surface area contributed by atoms with Gasteiger partial charge in [0.1, 0.15) is 0 Å². The molecule has 1 heterocycles. The van der Waals surface area contributed by atoms with Gasteiger partial charge >= 0.3 is 0 Å². The average Bonchev–Trinajstić information content (AvgIpc) is 2.31. The highest BCUT2D eigenvalue weighted by Crippen LogP contribution is 2.31. The molecule has 1 aliphatic rings. The number of nitrogens with zero attached hydrogens (tertiary/aromatic N) is 2. The van der Waals surface area contributed by atoms with Gasteiger partial charge in [0.15, 0.2) is 5.16 Å². The van der Waals surface area contributed by atoms with Crippen LogP contribution in [0.3, 0.4) is 0 Å². The van der Waals surface area contributed by atoms with E-state index in [1.165, 1.54) is 25.7 Å². The maximum absolute atomic E-state index is 4.27. The van der Waals surface area contributed by atoms with E-state index in [0.29, 0.717) is 11.3 Å². The molecular weight excluding hydrogens is 206 g/mol. The third-order valence-electron chi connectivity index (χ3n) is 2.87. The highest BCUT2D eigenvalue weighted by Gasteiger charge is 2.25. The van der Waals surface area contributed by atoms with Gasteiger partial charge in [-0.2, -0.15) is 0 Å². The Morgan fingerprint density at radius 1 is 1.27 bits per heavy atom. The standard InChI is InChI=1S/C11H17N3S/c1-12-9-5-2-3-6-10(9)15-11-13-7-4-8-14-11/h4,7-10,12H,2-3,5-6H2,1H3. The van der Waals surface area contributed by atoms with Crippen LogP contribution >= 0.6 is 11.8 Å². The zero-order valence-electron chi connectivity index (χ0n) is 9.02. The monoisotopic (exact) mass is 223 g/mol. The van der Waals surface area contributed by atoms with Crippen LogP contribution in [0.1, 0.15) is 25.7 Å². The van der Waals surface area contributed by atoms with Gasteiger partial charge in [0.2, 0.25) is 0 Å². The molecule has 1 fully saturated rings. The molecule has 0 saturated heterocycles. The van der Waals surface area contributed by atoms with Crippen molar-refractivity contribution in [1.82, 2.24) is 15.3 Å². The van der Waals surface area contributed by atoms with Crippen molar-refractivity contribution in [2.75, 3.05) is 7.05 Å². The number of hydrogen-bond acceptors (Lipinski definition) is 4. The number of aromatic nitrogens is 2. The molecule has 0 spiro atoms. The van der Waals surface area contributed by atoms with Crippen molar-refractivity contribution in [1.29, 1.82) is 0 Å². The van der Waals surface area contributed by atoms with Gasteiger partial charge in [0.25, 0.3) is 0 Å². The van der Waals surface area contributed by atoms with Crippen molar-refractivity contribution in [3.8, 4) is 0 Å². The molecule has 4 heteroatoms. The highest BCUT2D eigenvalue weighted by molar-refractivity contribution is 7.99. The number of thioether (sulfide) groups is 1. The first-order chi connectivity index (χ1) is 7.40. The molecular formula is C11H17N3S. The quantitative estimate of drug-likeness (QED) is 0.796. The molecule has 0 aliphatic heterocycles. The summed E-state index contributed by atoms with van der Waals surface area (Å²) in [7, 11) is 2.05. The minimum Gasteiger partial charge on any atom is -0.316 e. The molecule has 2 rings (SSSR count). The molecule has 0 amide bonds. The first-order valence-electron chi connectivity index (χ1n) is 5.51. The lowest BCUT2D eigenvalue weighted by atomic mass is 9.95. The Morgan fingerprint density at radius 2 is 2.00 bits per heavy atom. The normalized spacial score (nSPS) is 26.5. The van der Waals surface area contributed by atoms with Gasteiger partial charge in [-0.15, -0.1) is 0 Å². The Morgan fingerprint density at radius 3 is 2.73 bits per heavy atom. The minimum atomic E-state index is 0.618. The third-order valence-corrected chi connectivity index (χ3v) is 4.16. The van der Waals surface area contributed by atoms with Gasteiger partial charge in [-0.25, -0.2) is 9.97 Å². The van der Waals surface area contributed by atoms with Gasteiger partial charge in [-0.3, -0.25) is 0 Å². The van der Waals surface area contributed by atoms with Crippen LogP contribution in [0.15, 0.2) is 23.6 Å². The molecule has 1 aliphatic carbocycles. The van der Waals surface area contributed by atoms with Crippen molar-refractivity contribution >= 4 is 11.8 Å². The van der Waals surface area contributed by atoms with E-state index in [0.717, 1.165) is 5.16 Å². The summed E-state index contributed by atoms with van der Waals surface area (Å²) in [4.78, 5) is 8.53. The van der Waals surface area contributed by atoms with Crippen molar-refractivity contribution < 1.29 is 0 Å². The molecule has 82 valence electrons. The largest absolute Gasteiger partial charge is 0.316 e. The van der Waals surface area contributed by atoms with E-state index < -0.39 is 0 Å². The SMILES string of the molecule is CNC1CCCCC1Sc1ncccn1. The van der Waals surface area contributed by atoms with Crippen LogP contribution in [0.4, 0.5) is 0 Å². The van der Waals surface area contributed by atoms with Crippen LogP contribution in [0.2, 0.25) is 0 Å². The fourth-order valence-electron chi connectivity index (χ4n) is 2.05. The van der Waals surface area contributed by atoms with Crippen LogP contribution in [0.25, 0.3) is 0 Å². The molecule has 1 aromatic heterocycles. The third kappa shape index (κ3) is 2.92.